The van der Waals surface area contributed by atoms with E-state index in [0.717, 1.165) is 16.7 Å². The molecule has 1 heterocycles. The van der Waals surface area contributed by atoms with Crippen LogP contribution in [0, 0.1) is 0 Å². The highest BCUT2D eigenvalue weighted by molar-refractivity contribution is 8.26. The van der Waals surface area contributed by atoms with E-state index in [1.165, 1.54) is 11.8 Å². The molecule has 1 aliphatic heterocycles. The van der Waals surface area contributed by atoms with Gasteiger partial charge in [0.1, 0.15) is 29.0 Å². The molecule has 30 heavy (non-hydrogen) atoms. The van der Waals surface area contributed by atoms with Gasteiger partial charge in [0.05, 0.1) is 4.91 Å². The Hall–Kier alpha value is -3.09. The van der Waals surface area contributed by atoms with Crippen LogP contribution in [0.25, 0.3) is 6.08 Å². The van der Waals surface area contributed by atoms with Gasteiger partial charge in [0, 0.05) is 5.56 Å². The van der Waals surface area contributed by atoms with Gasteiger partial charge in [-0.05, 0) is 35.4 Å². The number of carbonyl (C=O) groups is 1. The monoisotopic (exact) mass is 433 g/mol. The number of hydrogen-bond donors (Lipinski definition) is 1. The maximum atomic E-state index is 12.1. The summed E-state index contributed by atoms with van der Waals surface area (Å²) < 4.78 is 12.4. The Labute approximate surface area is 184 Å². The average molecular weight is 434 g/mol. The predicted molar refractivity (Wildman–Crippen MR) is 124 cm³/mol. The number of benzene rings is 3. The largest absolute Gasteiger partial charge is 0.489 e. The predicted octanol–water partition coefficient (Wildman–Crippen LogP) is 5.33. The molecule has 0 radical (unpaired) electrons. The number of hydrogen-bond acceptors (Lipinski definition) is 5. The number of rotatable bonds is 7. The summed E-state index contributed by atoms with van der Waals surface area (Å²) in [5, 5.41) is 2.64. The van der Waals surface area contributed by atoms with E-state index in [1.807, 2.05) is 78.9 Å². The normalized spacial score (nSPS) is 14.6. The van der Waals surface area contributed by atoms with Gasteiger partial charge in [0.25, 0.3) is 5.91 Å². The van der Waals surface area contributed by atoms with Crippen LogP contribution in [0.3, 0.4) is 0 Å². The van der Waals surface area contributed by atoms with Gasteiger partial charge >= 0.3 is 0 Å². The van der Waals surface area contributed by atoms with Crippen molar-refractivity contribution < 1.29 is 14.3 Å². The van der Waals surface area contributed by atoms with Crippen LogP contribution in [0.4, 0.5) is 0 Å². The zero-order valence-electron chi connectivity index (χ0n) is 16.0. The second-order valence-corrected chi connectivity index (χ2v) is 8.32. The fourth-order valence-electron chi connectivity index (χ4n) is 2.90. The minimum Gasteiger partial charge on any atom is -0.489 e. The van der Waals surface area contributed by atoms with E-state index in [4.69, 9.17) is 21.7 Å². The third-order valence-corrected chi connectivity index (χ3v) is 5.56. The average Bonchev–Trinajstić information content (AvgIpc) is 3.09. The molecule has 4 rings (SSSR count). The Kier molecular flexibility index (Phi) is 6.47. The van der Waals surface area contributed by atoms with Crippen LogP contribution in [0.5, 0.6) is 11.5 Å². The van der Waals surface area contributed by atoms with Gasteiger partial charge in [-0.15, -0.1) is 0 Å². The molecule has 1 N–H and O–H groups in total. The molecule has 1 fully saturated rings. The Morgan fingerprint density at radius 3 is 2.10 bits per heavy atom. The van der Waals surface area contributed by atoms with Crippen LogP contribution in [0.15, 0.2) is 83.8 Å². The number of thioether (sulfide) groups is 1. The first-order chi connectivity index (χ1) is 14.7. The minimum absolute atomic E-state index is 0.199. The molecule has 0 aromatic heterocycles. The summed E-state index contributed by atoms with van der Waals surface area (Å²) in [6.07, 6.45) is 1.79. The first-order valence-electron chi connectivity index (χ1n) is 9.40. The second-order valence-electron chi connectivity index (χ2n) is 6.60. The van der Waals surface area contributed by atoms with Crippen LogP contribution >= 0.6 is 24.0 Å². The van der Waals surface area contributed by atoms with Crippen molar-refractivity contribution >= 4 is 40.3 Å². The highest BCUT2D eigenvalue weighted by Gasteiger charge is 2.22. The fourth-order valence-corrected chi connectivity index (χ4v) is 3.93. The third kappa shape index (κ3) is 5.28. The number of nitrogens with one attached hydrogen (secondary N) is 1. The lowest BCUT2D eigenvalue weighted by molar-refractivity contribution is -0.115. The lowest BCUT2D eigenvalue weighted by atomic mass is 10.1. The van der Waals surface area contributed by atoms with Gasteiger partial charge in [-0.3, -0.25) is 4.79 Å². The van der Waals surface area contributed by atoms with Crippen LogP contribution in [-0.2, 0) is 18.0 Å². The Morgan fingerprint density at radius 1 is 0.867 bits per heavy atom. The van der Waals surface area contributed by atoms with Crippen molar-refractivity contribution in [3.63, 3.8) is 0 Å². The van der Waals surface area contributed by atoms with Crippen molar-refractivity contribution in [1.82, 2.24) is 5.32 Å². The van der Waals surface area contributed by atoms with Gasteiger partial charge in [0.2, 0.25) is 0 Å². The zero-order chi connectivity index (χ0) is 20.8. The maximum Gasteiger partial charge on any atom is 0.263 e. The number of amides is 1. The first-order valence-corrected chi connectivity index (χ1v) is 10.6. The Bertz CT molecular complexity index is 1080. The lowest BCUT2D eigenvalue weighted by Gasteiger charge is -2.13. The van der Waals surface area contributed by atoms with Crippen molar-refractivity contribution in [3.8, 4) is 11.5 Å². The molecule has 3 aromatic carbocycles. The quantitative estimate of drug-likeness (QED) is 0.403. The fraction of sp³-hybridized carbons (Fsp3) is 0.0833. The van der Waals surface area contributed by atoms with E-state index in [1.54, 1.807) is 6.08 Å². The van der Waals surface area contributed by atoms with Gasteiger partial charge in [-0.25, -0.2) is 0 Å². The molecule has 3 aromatic rings. The molecule has 1 amide bonds. The lowest BCUT2D eigenvalue weighted by Crippen LogP contribution is -2.17. The van der Waals surface area contributed by atoms with Crippen molar-refractivity contribution in [2.24, 2.45) is 0 Å². The molecular formula is C24H19NO3S2. The van der Waals surface area contributed by atoms with Crippen molar-refractivity contribution in [2.45, 2.75) is 13.2 Å². The third-order valence-electron chi connectivity index (χ3n) is 4.40. The minimum atomic E-state index is -0.199. The summed E-state index contributed by atoms with van der Waals surface area (Å²) in [7, 11) is 0. The highest BCUT2D eigenvalue weighted by atomic mass is 32.2. The molecule has 0 aliphatic carbocycles. The highest BCUT2D eigenvalue weighted by Crippen LogP contribution is 2.32. The van der Waals surface area contributed by atoms with E-state index in [2.05, 4.69) is 5.32 Å². The standard InChI is InChI=1S/C24H19NO3S2/c26-23-22(30-24(29)25-23)14-19-13-20(27-15-17-7-3-1-4-8-17)11-12-21(19)28-16-18-9-5-2-6-10-18/h1-14H,15-16H2,(H,25,26,29)/b22-14-. The Balaban J connectivity index is 1.57. The van der Waals surface area contributed by atoms with Crippen LogP contribution in [-0.4, -0.2) is 10.2 Å². The van der Waals surface area contributed by atoms with Gasteiger partial charge in [0.15, 0.2) is 0 Å². The molecule has 1 aliphatic rings. The van der Waals surface area contributed by atoms with Gasteiger partial charge < -0.3 is 14.8 Å². The first kappa shape index (κ1) is 20.2. The van der Waals surface area contributed by atoms with E-state index >= 15 is 0 Å². The van der Waals surface area contributed by atoms with Gasteiger partial charge in [-0.1, -0.05) is 84.6 Å². The summed E-state index contributed by atoms with van der Waals surface area (Å²) in [4.78, 5) is 12.6. The number of thiocarbonyl (C=S) groups is 1. The molecule has 1 saturated heterocycles. The molecule has 4 nitrogen and oxygen atoms in total. The SMILES string of the molecule is O=C1NC(=S)S/C1=C\c1cc(OCc2ccccc2)ccc1OCc1ccccc1. The zero-order valence-corrected chi connectivity index (χ0v) is 17.7. The topological polar surface area (TPSA) is 47.6 Å². The number of carbonyl (C=O) groups excluding carboxylic acids is 1. The molecule has 0 saturated carbocycles. The van der Waals surface area contributed by atoms with Crippen LogP contribution < -0.4 is 14.8 Å². The smallest absolute Gasteiger partial charge is 0.263 e. The van der Waals surface area contributed by atoms with E-state index in [9.17, 15) is 4.79 Å². The van der Waals surface area contributed by atoms with Crippen molar-refractivity contribution in [2.75, 3.05) is 0 Å². The van der Waals surface area contributed by atoms with E-state index < -0.39 is 0 Å². The molecular weight excluding hydrogens is 414 g/mol. The van der Waals surface area contributed by atoms with Crippen LogP contribution in [0.1, 0.15) is 16.7 Å². The summed E-state index contributed by atoms with van der Waals surface area (Å²) in [5.74, 6) is 1.17. The van der Waals surface area contributed by atoms with E-state index in [-0.39, 0.29) is 5.91 Å². The van der Waals surface area contributed by atoms with Crippen LogP contribution in [0.2, 0.25) is 0 Å². The van der Waals surface area contributed by atoms with Gasteiger partial charge in [-0.2, -0.15) is 0 Å². The summed E-state index contributed by atoms with van der Waals surface area (Å²) in [6, 6.07) is 25.5. The molecule has 0 atom stereocenters. The number of ether oxygens (including phenoxy) is 2. The molecule has 0 spiro atoms. The molecule has 150 valence electrons. The Morgan fingerprint density at radius 2 is 1.50 bits per heavy atom. The molecule has 6 heteroatoms. The second kappa shape index (κ2) is 9.61. The molecule has 0 bridgehead atoms. The maximum absolute atomic E-state index is 12.1. The summed E-state index contributed by atoms with van der Waals surface area (Å²) >= 11 is 6.34. The molecule has 0 unspecified atom stereocenters. The van der Waals surface area contributed by atoms with E-state index in [0.29, 0.717) is 33.9 Å². The summed E-state index contributed by atoms with van der Waals surface area (Å²) in [5.41, 5.74) is 2.91. The van der Waals surface area contributed by atoms with Crippen molar-refractivity contribution in [1.29, 1.82) is 0 Å². The van der Waals surface area contributed by atoms with Crippen molar-refractivity contribution in [3.05, 3.63) is 100 Å². The summed E-state index contributed by atoms with van der Waals surface area (Å²) in [6.45, 7) is 0.888.